The fourth-order valence-electron chi connectivity index (χ4n) is 1.18. The van der Waals surface area contributed by atoms with Crippen LogP contribution in [0.2, 0.25) is 0 Å². The lowest BCUT2D eigenvalue weighted by atomic mass is 10.1. The van der Waals surface area contributed by atoms with Crippen LogP contribution in [0.1, 0.15) is 38.4 Å². The van der Waals surface area contributed by atoms with Crippen molar-refractivity contribution in [1.29, 1.82) is 0 Å². The van der Waals surface area contributed by atoms with E-state index in [1.165, 1.54) is 25.7 Å². The van der Waals surface area contributed by atoms with Gasteiger partial charge in [-0.25, -0.2) is 9.97 Å². The predicted octanol–water partition coefficient (Wildman–Crippen LogP) is 3.36. The largest absolute Gasteiger partial charge is 0.240 e. The molecule has 0 bridgehead atoms. The van der Waals surface area contributed by atoms with Gasteiger partial charge < -0.3 is 0 Å². The summed E-state index contributed by atoms with van der Waals surface area (Å²) in [5.41, 5.74) is 0. The molecule has 0 atom stereocenters. The van der Waals surface area contributed by atoms with E-state index in [2.05, 4.69) is 32.8 Å². The molecule has 0 saturated heterocycles. The van der Waals surface area contributed by atoms with Gasteiger partial charge in [0, 0.05) is 18.8 Å². The molecule has 0 spiro atoms. The molecule has 0 unspecified atom stereocenters. The van der Waals surface area contributed by atoms with Gasteiger partial charge in [0.15, 0.2) is 0 Å². The Labute approximate surface area is 87.9 Å². The molecular formula is C10H15BrN2. The highest BCUT2D eigenvalue weighted by molar-refractivity contribution is 9.10. The van der Waals surface area contributed by atoms with E-state index in [1.54, 1.807) is 0 Å². The summed E-state index contributed by atoms with van der Waals surface area (Å²) >= 11 is 3.31. The van der Waals surface area contributed by atoms with Crippen LogP contribution in [0.4, 0.5) is 0 Å². The maximum atomic E-state index is 4.22. The Morgan fingerprint density at radius 1 is 1.15 bits per heavy atom. The minimum Gasteiger partial charge on any atom is -0.240 e. The topological polar surface area (TPSA) is 25.8 Å². The van der Waals surface area contributed by atoms with Gasteiger partial charge in [-0.2, -0.15) is 0 Å². The first kappa shape index (κ1) is 10.6. The number of hydrogen-bond acceptors (Lipinski definition) is 2. The first-order chi connectivity index (χ1) is 6.33. The van der Waals surface area contributed by atoms with Gasteiger partial charge in [0.2, 0.25) is 0 Å². The molecule has 1 heterocycles. The van der Waals surface area contributed by atoms with E-state index in [-0.39, 0.29) is 0 Å². The van der Waals surface area contributed by atoms with Crippen molar-refractivity contribution in [1.82, 2.24) is 9.97 Å². The Morgan fingerprint density at radius 2 is 1.85 bits per heavy atom. The number of aromatic nitrogens is 2. The molecule has 1 aromatic heterocycles. The van der Waals surface area contributed by atoms with Crippen LogP contribution in [0.25, 0.3) is 0 Å². The van der Waals surface area contributed by atoms with Crippen molar-refractivity contribution < 1.29 is 0 Å². The lowest BCUT2D eigenvalue weighted by Crippen LogP contribution is -1.93. The first-order valence-corrected chi connectivity index (χ1v) is 5.58. The van der Waals surface area contributed by atoms with E-state index in [0.717, 1.165) is 16.7 Å². The average Bonchev–Trinajstić information content (AvgIpc) is 2.15. The highest BCUT2D eigenvalue weighted by Crippen LogP contribution is 2.07. The van der Waals surface area contributed by atoms with Crippen LogP contribution in [0, 0.1) is 0 Å². The molecule has 2 nitrogen and oxygen atoms in total. The average molecular weight is 243 g/mol. The molecule has 0 aliphatic rings. The molecule has 3 heteroatoms. The quantitative estimate of drug-likeness (QED) is 0.741. The molecule has 0 amide bonds. The Kier molecular flexibility index (Phi) is 4.98. The molecule has 0 N–H and O–H groups in total. The number of rotatable bonds is 5. The van der Waals surface area contributed by atoms with Crippen LogP contribution < -0.4 is 0 Å². The van der Waals surface area contributed by atoms with Gasteiger partial charge in [0.25, 0.3) is 0 Å². The van der Waals surface area contributed by atoms with Gasteiger partial charge >= 0.3 is 0 Å². The van der Waals surface area contributed by atoms with Gasteiger partial charge in [-0.3, -0.25) is 0 Å². The summed E-state index contributed by atoms with van der Waals surface area (Å²) in [6.45, 7) is 2.22. The number of halogens is 1. The fraction of sp³-hybridized carbons (Fsp3) is 0.600. The minimum atomic E-state index is 0.949. The molecule has 0 aliphatic heterocycles. The maximum absolute atomic E-state index is 4.22. The lowest BCUT2D eigenvalue weighted by Gasteiger charge is -1.98. The SMILES string of the molecule is CCCCCCc1ncc(Br)cn1. The van der Waals surface area contributed by atoms with Crippen molar-refractivity contribution in [2.75, 3.05) is 0 Å². The van der Waals surface area contributed by atoms with Crippen molar-refractivity contribution in [3.05, 3.63) is 22.7 Å². The van der Waals surface area contributed by atoms with Crippen LogP contribution in [-0.2, 0) is 6.42 Å². The van der Waals surface area contributed by atoms with Gasteiger partial charge in [-0.1, -0.05) is 26.2 Å². The number of nitrogens with zero attached hydrogens (tertiary/aromatic N) is 2. The molecule has 0 saturated carbocycles. The summed E-state index contributed by atoms with van der Waals surface area (Å²) in [6, 6.07) is 0. The maximum Gasteiger partial charge on any atom is 0.128 e. The smallest absolute Gasteiger partial charge is 0.128 e. The van der Waals surface area contributed by atoms with E-state index in [1.807, 2.05) is 12.4 Å². The molecule has 1 rings (SSSR count). The molecule has 0 aliphatic carbocycles. The molecule has 72 valence electrons. The van der Waals surface area contributed by atoms with Gasteiger partial charge in [0.1, 0.15) is 5.82 Å². The van der Waals surface area contributed by atoms with Gasteiger partial charge in [0.05, 0.1) is 4.47 Å². The summed E-state index contributed by atoms with van der Waals surface area (Å²) in [4.78, 5) is 8.44. The Hall–Kier alpha value is -0.440. The monoisotopic (exact) mass is 242 g/mol. The van der Waals surface area contributed by atoms with E-state index in [0.29, 0.717) is 0 Å². The molecule has 0 fully saturated rings. The molecular weight excluding hydrogens is 228 g/mol. The summed E-state index contributed by atoms with van der Waals surface area (Å²) < 4.78 is 0.949. The molecule has 13 heavy (non-hydrogen) atoms. The second kappa shape index (κ2) is 6.08. The standard InChI is InChI=1S/C10H15BrN2/c1-2-3-4-5-6-10-12-7-9(11)8-13-10/h7-8H,2-6H2,1H3. The summed E-state index contributed by atoms with van der Waals surface area (Å²) in [5, 5.41) is 0. The predicted molar refractivity (Wildman–Crippen MR) is 57.6 cm³/mol. The zero-order valence-corrected chi connectivity index (χ0v) is 9.55. The van der Waals surface area contributed by atoms with E-state index in [9.17, 15) is 0 Å². The summed E-state index contributed by atoms with van der Waals surface area (Å²) in [5.74, 6) is 0.958. The van der Waals surface area contributed by atoms with Gasteiger partial charge in [-0.15, -0.1) is 0 Å². The lowest BCUT2D eigenvalue weighted by molar-refractivity contribution is 0.652. The van der Waals surface area contributed by atoms with Crippen molar-refractivity contribution >= 4 is 15.9 Å². The summed E-state index contributed by atoms with van der Waals surface area (Å²) in [6.07, 6.45) is 9.71. The molecule has 0 aromatic carbocycles. The van der Waals surface area contributed by atoms with Gasteiger partial charge in [-0.05, 0) is 22.4 Å². The third kappa shape index (κ3) is 4.36. The van der Waals surface area contributed by atoms with Crippen molar-refractivity contribution in [3.8, 4) is 0 Å². The van der Waals surface area contributed by atoms with E-state index in [4.69, 9.17) is 0 Å². The summed E-state index contributed by atoms with van der Waals surface area (Å²) in [7, 11) is 0. The third-order valence-corrected chi connectivity index (χ3v) is 2.34. The third-order valence-electron chi connectivity index (χ3n) is 1.93. The zero-order chi connectivity index (χ0) is 9.52. The fourth-order valence-corrected chi connectivity index (χ4v) is 1.38. The highest BCUT2D eigenvalue weighted by Gasteiger charge is 1.95. The Bertz CT molecular complexity index is 233. The van der Waals surface area contributed by atoms with Crippen LogP contribution in [-0.4, -0.2) is 9.97 Å². The van der Waals surface area contributed by atoms with Crippen LogP contribution in [0.3, 0.4) is 0 Å². The van der Waals surface area contributed by atoms with E-state index < -0.39 is 0 Å². The van der Waals surface area contributed by atoms with Crippen molar-refractivity contribution in [3.63, 3.8) is 0 Å². The van der Waals surface area contributed by atoms with E-state index >= 15 is 0 Å². The normalized spacial score (nSPS) is 10.3. The molecule has 0 radical (unpaired) electrons. The van der Waals surface area contributed by atoms with Crippen LogP contribution >= 0.6 is 15.9 Å². The zero-order valence-electron chi connectivity index (χ0n) is 7.96. The van der Waals surface area contributed by atoms with Crippen molar-refractivity contribution in [2.45, 2.75) is 39.0 Å². The van der Waals surface area contributed by atoms with Crippen LogP contribution in [0.15, 0.2) is 16.9 Å². The first-order valence-electron chi connectivity index (χ1n) is 4.79. The second-order valence-electron chi connectivity index (χ2n) is 3.13. The Morgan fingerprint density at radius 3 is 2.46 bits per heavy atom. The highest BCUT2D eigenvalue weighted by atomic mass is 79.9. The van der Waals surface area contributed by atoms with Crippen molar-refractivity contribution in [2.24, 2.45) is 0 Å². The number of unbranched alkanes of at least 4 members (excludes halogenated alkanes) is 3. The minimum absolute atomic E-state index is 0.949. The number of aryl methyl sites for hydroxylation is 1. The van der Waals surface area contributed by atoms with Crippen LogP contribution in [0.5, 0.6) is 0 Å². The number of hydrogen-bond donors (Lipinski definition) is 0. The Balaban J connectivity index is 2.25. The molecule has 1 aromatic rings. The second-order valence-corrected chi connectivity index (χ2v) is 4.04.